The molecule has 1 aliphatic rings. The van der Waals surface area contributed by atoms with Crippen molar-refractivity contribution in [3.05, 3.63) is 70.2 Å². The number of aromatic nitrogens is 2. The second kappa shape index (κ2) is 8.17. The molecule has 0 radical (unpaired) electrons. The fourth-order valence-corrected chi connectivity index (χ4v) is 5.86. The lowest BCUT2D eigenvalue weighted by atomic mass is 10.2. The van der Waals surface area contributed by atoms with E-state index in [1.807, 2.05) is 0 Å². The van der Waals surface area contributed by atoms with Crippen LogP contribution < -0.4 is 5.32 Å². The van der Waals surface area contributed by atoms with Crippen LogP contribution in [0.3, 0.4) is 0 Å². The molecule has 1 aromatic heterocycles. The quantitative estimate of drug-likeness (QED) is 0.641. The van der Waals surface area contributed by atoms with E-state index < -0.39 is 33.6 Å². The SMILES string of the molecule is O=C(Nc1ccc(F)cc1F)c1nnc(C2CCCN2S(=O)(=O)c2ccccc2)s1. The number of carbonyl (C=O) groups excluding carboxylic acids is 1. The van der Waals surface area contributed by atoms with Gasteiger partial charge in [0, 0.05) is 12.6 Å². The Labute approximate surface area is 175 Å². The predicted octanol–water partition coefficient (Wildman–Crippen LogP) is 3.59. The van der Waals surface area contributed by atoms with Gasteiger partial charge in [-0.25, -0.2) is 17.2 Å². The van der Waals surface area contributed by atoms with Crippen molar-refractivity contribution >= 4 is 33.0 Å². The zero-order chi connectivity index (χ0) is 21.3. The Morgan fingerprint density at radius 2 is 1.90 bits per heavy atom. The third-order valence-electron chi connectivity index (χ3n) is 4.65. The van der Waals surface area contributed by atoms with Crippen LogP contribution in [0.25, 0.3) is 0 Å². The highest BCUT2D eigenvalue weighted by molar-refractivity contribution is 7.89. The van der Waals surface area contributed by atoms with Crippen LogP contribution in [0.5, 0.6) is 0 Å². The van der Waals surface area contributed by atoms with Gasteiger partial charge in [-0.1, -0.05) is 29.5 Å². The minimum absolute atomic E-state index is 0.0438. The minimum atomic E-state index is -3.72. The van der Waals surface area contributed by atoms with Gasteiger partial charge < -0.3 is 5.32 Å². The number of benzene rings is 2. The third kappa shape index (κ3) is 3.95. The number of sulfonamides is 1. The lowest BCUT2D eigenvalue weighted by Crippen LogP contribution is -2.30. The van der Waals surface area contributed by atoms with E-state index in [-0.39, 0.29) is 15.6 Å². The smallest absolute Gasteiger partial charge is 0.286 e. The zero-order valence-electron chi connectivity index (χ0n) is 15.5. The van der Waals surface area contributed by atoms with Crippen LogP contribution >= 0.6 is 11.3 Å². The summed E-state index contributed by atoms with van der Waals surface area (Å²) in [6.07, 6.45) is 1.20. The molecule has 0 bridgehead atoms. The van der Waals surface area contributed by atoms with Crippen LogP contribution in [-0.4, -0.2) is 35.4 Å². The van der Waals surface area contributed by atoms with Crippen LogP contribution in [-0.2, 0) is 10.0 Å². The number of amides is 1. The van der Waals surface area contributed by atoms with Crippen molar-refractivity contribution in [2.24, 2.45) is 0 Å². The average Bonchev–Trinajstić information content (AvgIpc) is 3.40. The molecule has 0 spiro atoms. The van der Waals surface area contributed by atoms with Crippen molar-refractivity contribution in [3.63, 3.8) is 0 Å². The van der Waals surface area contributed by atoms with Gasteiger partial charge in [0.1, 0.15) is 16.6 Å². The van der Waals surface area contributed by atoms with Crippen LogP contribution in [0.2, 0.25) is 0 Å². The zero-order valence-corrected chi connectivity index (χ0v) is 17.1. The summed E-state index contributed by atoms with van der Waals surface area (Å²) in [5.41, 5.74) is -0.188. The molecule has 11 heteroatoms. The van der Waals surface area contributed by atoms with Gasteiger partial charge in [0.05, 0.1) is 16.6 Å². The highest BCUT2D eigenvalue weighted by Crippen LogP contribution is 2.37. The van der Waals surface area contributed by atoms with Gasteiger partial charge >= 0.3 is 0 Å². The molecule has 156 valence electrons. The topological polar surface area (TPSA) is 92.3 Å². The lowest BCUT2D eigenvalue weighted by Gasteiger charge is -2.22. The minimum Gasteiger partial charge on any atom is -0.317 e. The Balaban J connectivity index is 1.55. The molecule has 1 aliphatic heterocycles. The molecule has 7 nitrogen and oxygen atoms in total. The Hall–Kier alpha value is -2.76. The van der Waals surface area contributed by atoms with Gasteiger partial charge in [0.15, 0.2) is 0 Å². The maximum Gasteiger partial charge on any atom is 0.286 e. The summed E-state index contributed by atoms with van der Waals surface area (Å²) in [6.45, 7) is 0.337. The van der Waals surface area contributed by atoms with Crippen molar-refractivity contribution < 1.29 is 22.0 Å². The molecule has 2 aromatic carbocycles. The number of rotatable bonds is 5. The second-order valence-corrected chi connectivity index (χ2v) is 9.51. The van der Waals surface area contributed by atoms with Crippen molar-refractivity contribution in [1.82, 2.24) is 14.5 Å². The molecule has 0 aliphatic carbocycles. The number of hydrogen-bond donors (Lipinski definition) is 1. The first-order valence-corrected chi connectivity index (χ1v) is 11.3. The second-order valence-electron chi connectivity index (χ2n) is 6.61. The Kier molecular flexibility index (Phi) is 5.58. The van der Waals surface area contributed by atoms with E-state index in [4.69, 9.17) is 0 Å². The van der Waals surface area contributed by atoms with E-state index in [1.54, 1.807) is 18.2 Å². The van der Waals surface area contributed by atoms with Crippen LogP contribution in [0.1, 0.15) is 33.7 Å². The molecular weight excluding hydrogens is 434 g/mol. The highest BCUT2D eigenvalue weighted by Gasteiger charge is 2.38. The lowest BCUT2D eigenvalue weighted by molar-refractivity contribution is 0.102. The maximum absolute atomic E-state index is 13.8. The molecule has 2 heterocycles. The molecule has 1 unspecified atom stereocenters. The molecule has 30 heavy (non-hydrogen) atoms. The first-order valence-electron chi connectivity index (χ1n) is 9.03. The van der Waals surface area contributed by atoms with Crippen LogP contribution in [0.4, 0.5) is 14.5 Å². The fraction of sp³-hybridized carbons (Fsp3) is 0.211. The van der Waals surface area contributed by atoms with E-state index in [9.17, 15) is 22.0 Å². The molecular formula is C19H16F2N4O3S2. The highest BCUT2D eigenvalue weighted by atomic mass is 32.2. The summed E-state index contributed by atoms with van der Waals surface area (Å²) >= 11 is 0.945. The summed E-state index contributed by atoms with van der Waals surface area (Å²) in [4.78, 5) is 12.6. The van der Waals surface area contributed by atoms with Gasteiger partial charge in [0.25, 0.3) is 5.91 Å². The predicted molar refractivity (Wildman–Crippen MR) is 107 cm³/mol. The number of hydrogen-bond acceptors (Lipinski definition) is 6. The number of nitrogens with zero attached hydrogens (tertiary/aromatic N) is 3. The van der Waals surface area contributed by atoms with Crippen molar-refractivity contribution in [2.75, 3.05) is 11.9 Å². The van der Waals surface area contributed by atoms with Crippen molar-refractivity contribution in [3.8, 4) is 0 Å². The number of anilines is 1. The fourth-order valence-electron chi connectivity index (χ4n) is 3.23. The van der Waals surface area contributed by atoms with Gasteiger partial charge in [0.2, 0.25) is 15.0 Å². The van der Waals surface area contributed by atoms with Crippen molar-refractivity contribution in [2.45, 2.75) is 23.8 Å². The monoisotopic (exact) mass is 450 g/mol. The van der Waals surface area contributed by atoms with E-state index in [0.29, 0.717) is 30.5 Å². The normalized spacial score (nSPS) is 17.2. The molecule has 0 saturated carbocycles. The Morgan fingerprint density at radius 1 is 1.13 bits per heavy atom. The van der Waals surface area contributed by atoms with E-state index in [0.717, 1.165) is 23.5 Å². The van der Waals surface area contributed by atoms with Crippen LogP contribution in [0.15, 0.2) is 53.4 Å². The van der Waals surface area contributed by atoms with Gasteiger partial charge in [-0.15, -0.1) is 10.2 Å². The Bertz CT molecular complexity index is 1190. The first-order chi connectivity index (χ1) is 14.4. The number of halogens is 2. The number of nitrogens with one attached hydrogen (secondary N) is 1. The summed E-state index contributed by atoms with van der Waals surface area (Å²) < 4.78 is 54.1. The summed E-state index contributed by atoms with van der Waals surface area (Å²) in [5, 5.41) is 10.5. The number of carbonyl (C=O) groups is 1. The molecule has 1 fully saturated rings. The molecule has 3 aromatic rings. The summed E-state index contributed by atoms with van der Waals surface area (Å²) in [6, 6.07) is 10.4. The molecule has 1 atom stereocenters. The molecule has 4 rings (SSSR count). The molecule has 1 N–H and O–H groups in total. The van der Waals surface area contributed by atoms with E-state index in [2.05, 4.69) is 15.5 Å². The largest absolute Gasteiger partial charge is 0.317 e. The molecule has 1 saturated heterocycles. The van der Waals surface area contributed by atoms with E-state index >= 15 is 0 Å². The van der Waals surface area contributed by atoms with E-state index in [1.165, 1.54) is 16.4 Å². The average molecular weight is 450 g/mol. The van der Waals surface area contributed by atoms with Gasteiger partial charge in [-0.05, 0) is 37.1 Å². The summed E-state index contributed by atoms with van der Waals surface area (Å²) in [5.74, 6) is -2.38. The summed E-state index contributed by atoms with van der Waals surface area (Å²) in [7, 11) is -3.72. The van der Waals surface area contributed by atoms with Gasteiger partial charge in [-0.2, -0.15) is 4.31 Å². The van der Waals surface area contributed by atoms with Crippen LogP contribution in [0, 0.1) is 11.6 Å². The maximum atomic E-state index is 13.8. The first kappa shape index (κ1) is 20.5. The third-order valence-corrected chi connectivity index (χ3v) is 7.60. The standard InChI is InChI=1S/C19H16F2N4O3S2/c20-12-8-9-15(14(21)11-12)22-17(26)19-24-23-18(29-19)16-7-4-10-25(16)30(27,28)13-5-2-1-3-6-13/h1-3,5-6,8-9,11,16H,4,7,10H2,(H,22,26). The van der Waals surface area contributed by atoms with Gasteiger partial charge in [-0.3, -0.25) is 4.79 Å². The Morgan fingerprint density at radius 3 is 2.63 bits per heavy atom. The molecule has 1 amide bonds. The van der Waals surface area contributed by atoms with Crippen molar-refractivity contribution in [1.29, 1.82) is 0 Å².